The van der Waals surface area contributed by atoms with E-state index in [4.69, 9.17) is 18.9 Å². The highest BCUT2D eigenvalue weighted by Gasteiger charge is 2.36. The number of esters is 1. The second kappa shape index (κ2) is 8.81. The lowest BCUT2D eigenvalue weighted by Gasteiger charge is -2.34. The van der Waals surface area contributed by atoms with Crippen LogP contribution in [-0.2, 0) is 11.2 Å². The van der Waals surface area contributed by atoms with E-state index in [1.54, 1.807) is 18.2 Å². The molecule has 0 amide bonds. The third-order valence-electron chi connectivity index (χ3n) is 5.48. The van der Waals surface area contributed by atoms with Crippen molar-refractivity contribution in [3.63, 3.8) is 0 Å². The van der Waals surface area contributed by atoms with Crippen LogP contribution >= 0.6 is 0 Å². The summed E-state index contributed by atoms with van der Waals surface area (Å²) in [7, 11) is 2.83. The molecule has 0 spiro atoms. The Balaban J connectivity index is 1.73. The zero-order chi connectivity index (χ0) is 24.6. The van der Waals surface area contributed by atoms with E-state index in [1.165, 1.54) is 26.4 Å². The Morgan fingerprint density at radius 2 is 1.56 bits per heavy atom. The molecular weight excluding hydrogens is 448 g/mol. The Kier molecular flexibility index (Phi) is 5.89. The minimum Gasteiger partial charge on any atom is -0.504 e. The molecule has 0 saturated heterocycles. The van der Waals surface area contributed by atoms with Crippen molar-refractivity contribution < 1.29 is 49.3 Å². The van der Waals surface area contributed by atoms with Crippen molar-refractivity contribution in [1.82, 2.24) is 0 Å². The van der Waals surface area contributed by atoms with Gasteiger partial charge in [0.25, 0.3) is 0 Å². The van der Waals surface area contributed by atoms with Crippen molar-refractivity contribution in [2.24, 2.45) is 0 Å². The van der Waals surface area contributed by atoms with Gasteiger partial charge in [0.15, 0.2) is 34.9 Å². The van der Waals surface area contributed by atoms with Gasteiger partial charge in [0, 0.05) is 18.1 Å². The standard InChI is InChI=1S/C24H22O10/c1-31-14-4-3-11-8-20(34-24(30)13-6-15(25)21(28)16(26)7-13)23(33-18(11)10-14)12-5-17(27)22(29)19(9-12)32-2/h3-7,9-10,20,23,25-29H,8H2,1-2H3/t20-,23+/m0/s1. The molecule has 1 aliphatic rings. The third kappa shape index (κ3) is 4.13. The maximum Gasteiger partial charge on any atom is 0.338 e. The Hall–Kier alpha value is -4.47. The summed E-state index contributed by atoms with van der Waals surface area (Å²) in [4.78, 5) is 12.8. The fourth-order valence-electron chi connectivity index (χ4n) is 3.72. The van der Waals surface area contributed by atoms with Crippen LogP contribution < -0.4 is 14.2 Å². The summed E-state index contributed by atoms with van der Waals surface area (Å²) in [5.41, 5.74) is 0.884. The molecule has 10 nitrogen and oxygen atoms in total. The summed E-state index contributed by atoms with van der Waals surface area (Å²) in [6, 6.07) is 9.81. The topological polar surface area (TPSA) is 155 Å². The van der Waals surface area contributed by atoms with Gasteiger partial charge in [-0.2, -0.15) is 0 Å². The minimum absolute atomic E-state index is 0.00602. The van der Waals surface area contributed by atoms with E-state index in [9.17, 15) is 30.3 Å². The molecule has 0 bridgehead atoms. The monoisotopic (exact) mass is 470 g/mol. The highest BCUT2D eigenvalue weighted by Crippen LogP contribution is 2.44. The molecule has 4 rings (SSSR count). The largest absolute Gasteiger partial charge is 0.504 e. The van der Waals surface area contributed by atoms with Crippen LogP contribution in [0.1, 0.15) is 27.6 Å². The summed E-state index contributed by atoms with van der Waals surface area (Å²) in [5, 5.41) is 49.2. The van der Waals surface area contributed by atoms with Gasteiger partial charge in [-0.05, 0) is 35.9 Å². The summed E-state index contributed by atoms with van der Waals surface area (Å²) in [5.74, 6) is -2.91. The van der Waals surface area contributed by atoms with E-state index in [-0.39, 0.29) is 17.7 Å². The van der Waals surface area contributed by atoms with Gasteiger partial charge in [0.1, 0.15) is 17.6 Å². The molecule has 0 unspecified atom stereocenters. The van der Waals surface area contributed by atoms with E-state index in [0.29, 0.717) is 17.1 Å². The van der Waals surface area contributed by atoms with Crippen LogP contribution in [0.15, 0.2) is 42.5 Å². The van der Waals surface area contributed by atoms with E-state index < -0.39 is 46.9 Å². The molecule has 0 aromatic heterocycles. The number of hydrogen-bond acceptors (Lipinski definition) is 10. The number of hydrogen-bond donors (Lipinski definition) is 5. The van der Waals surface area contributed by atoms with Crippen molar-refractivity contribution in [2.45, 2.75) is 18.6 Å². The Morgan fingerprint density at radius 3 is 2.21 bits per heavy atom. The van der Waals surface area contributed by atoms with Crippen LogP contribution in [0.25, 0.3) is 0 Å². The third-order valence-corrected chi connectivity index (χ3v) is 5.48. The lowest BCUT2D eigenvalue weighted by atomic mass is 9.94. The molecular formula is C24H22O10. The fraction of sp³-hybridized carbons (Fsp3) is 0.208. The molecule has 1 heterocycles. The van der Waals surface area contributed by atoms with Crippen LogP contribution in [0.5, 0.6) is 46.0 Å². The number of benzene rings is 3. The molecule has 178 valence electrons. The lowest BCUT2D eigenvalue weighted by Crippen LogP contribution is -2.34. The first-order valence-electron chi connectivity index (χ1n) is 10.1. The van der Waals surface area contributed by atoms with Gasteiger partial charge in [0.05, 0.1) is 19.8 Å². The average Bonchev–Trinajstić information content (AvgIpc) is 2.83. The molecule has 10 heteroatoms. The molecule has 1 aliphatic heterocycles. The molecule has 3 aromatic rings. The molecule has 34 heavy (non-hydrogen) atoms. The van der Waals surface area contributed by atoms with Crippen molar-refractivity contribution in [3.8, 4) is 46.0 Å². The number of carbonyl (C=O) groups is 1. The molecule has 2 atom stereocenters. The van der Waals surface area contributed by atoms with Crippen molar-refractivity contribution in [3.05, 3.63) is 59.2 Å². The highest BCUT2D eigenvalue weighted by molar-refractivity contribution is 5.91. The number of phenols is 5. The lowest BCUT2D eigenvalue weighted by molar-refractivity contribution is -0.0184. The van der Waals surface area contributed by atoms with Crippen LogP contribution in [-0.4, -0.2) is 51.8 Å². The Morgan fingerprint density at radius 1 is 0.882 bits per heavy atom. The molecule has 5 N–H and O–H groups in total. The summed E-state index contributed by atoms with van der Waals surface area (Å²) >= 11 is 0. The molecule has 0 radical (unpaired) electrons. The van der Waals surface area contributed by atoms with Gasteiger partial charge < -0.3 is 44.5 Å². The van der Waals surface area contributed by atoms with Gasteiger partial charge in [-0.3, -0.25) is 0 Å². The quantitative estimate of drug-likeness (QED) is 0.277. The van der Waals surface area contributed by atoms with Gasteiger partial charge in [-0.25, -0.2) is 4.79 Å². The summed E-state index contributed by atoms with van der Waals surface area (Å²) < 4.78 is 22.2. The van der Waals surface area contributed by atoms with Gasteiger partial charge in [-0.15, -0.1) is 0 Å². The number of rotatable bonds is 5. The van der Waals surface area contributed by atoms with Gasteiger partial charge in [0.2, 0.25) is 5.75 Å². The Bertz CT molecular complexity index is 1230. The smallest absolute Gasteiger partial charge is 0.338 e. The van der Waals surface area contributed by atoms with E-state index >= 15 is 0 Å². The minimum atomic E-state index is -0.928. The maximum atomic E-state index is 12.8. The zero-order valence-electron chi connectivity index (χ0n) is 18.2. The summed E-state index contributed by atoms with van der Waals surface area (Å²) in [6.07, 6.45) is -1.63. The number of methoxy groups -OCH3 is 2. The van der Waals surface area contributed by atoms with E-state index in [0.717, 1.165) is 17.7 Å². The number of aromatic hydroxyl groups is 5. The van der Waals surface area contributed by atoms with Crippen molar-refractivity contribution in [1.29, 1.82) is 0 Å². The first kappa shape index (κ1) is 22.7. The van der Waals surface area contributed by atoms with Crippen LogP contribution in [0.2, 0.25) is 0 Å². The highest BCUT2D eigenvalue weighted by atomic mass is 16.6. The SMILES string of the molecule is COc1ccc2c(c1)O[C@H](c1cc(O)c(O)c(OC)c1)[C@@H](OC(=O)c1cc(O)c(O)c(O)c1)C2. The zero-order valence-corrected chi connectivity index (χ0v) is 18.2. The first-order valence-corrected chi connectivity index (χ1v) is 10.1. The van der Waals surface area contributed by atoms with E-state index in [1.807, 2.05) is 0 Å². The van der Waals surface area contributed by atoms with Crippen LogP contribution in [0, 0.1) is 0 Å². The summed E-state index contributed by atoms with van der Waals surface area (Å²) in [6.45, 7) is 0. The normalized spacial score (nSPS) is 16.8. The molecule has 0 fully saturated rings. The number of fused-ring (bicyclic) bond motifs is 1. The Labute approximate surface area is 193 Å². The number of ether oxygens (including phenoxy) is 4. The van der Waals surface area contributed by atoms with Crippen LogP contribution in [0.3, 0.4) is 0 Å². The van der Waals surface area contributed by atoms with Gasteiger partial charge in [-0.1, -0.05) is 6.07 Å². The second-order valence-corrected chi connectivity index (χ2v) is 7.61. The fourth-order valence-corrected chi connectivity index (χ4v) is 3.72. The van der Waals surface area contributed by atoms with Crippen molar-refractivity contribution >= 4 is 5.97 Å². The average molecular weight is 470 g/mol. The molecule has 0 aliphatic carbocycles. The van der Waals surface area contributed by atoms with E-state index in [2.05, 4.69) is 0 Å². The van der Waals surface area contributed by atoms with Gasteiger partial charge >= 0.3 is 5.97 Å². The molecule has 0 saturated carbocycles. The molecule has 3 aromatic carbocycles. The predicted molar refractivity (Wildman–Crippen MR) is 117 cm³/mol. The van der Waals surface area contributed by atoms with Crippen molar-refractivity contribution in [2.75, 3.05) is 14.2 Å². The number of carbonyl (C=O) groups excluding carboxylic acids is 1. The second-order valence-electron chi connectivity index (χ2n) is 7.61. The number of phenolic OH excluding ortho intramolecular Hbond substituents is 5. The first-order chi connectivity index (χ1) is 16.2. The maximum absolute atomic E-state index is 12.8. The van der Waals surface area contributed by atoms with Crippen LogP contribution in [0.4, 0.5) is 0 Å². The predicted octanol–water partition coefficient (Wildman–Crippen LogP) is 3.13.